The molecule has 0 fully saturated rings. The lowest BCUT2D eigenvalue weighted by molar-refractivity contribution is 0.0952. The summed E-state index contributed by atoms with van der Waals surface area (Å²) < 4.78 is 14.0. The Bertz CT molecular complexity index is 674. The molecule has 0 radical (unpaired) electrons. The van der Waals surface area contributed by atoms with Crippen LogP contribution < -0.4 is 5.43 Å². The zero-order valence-electron chi connectivity index (χ0n) is 10.2. The van der Waals surface area contributed by atoms with Crippen molar-refractivity contribution < 1.29 is 14.3 Å². The topological polar surface area (TPSA) is 61.7 Å². The molecule has 2 aromatic rings. The molecule has 20 heavy (non-hydrogen) atoms. The number of hydrazone groups is 1. The Morgan fingerprint density at radius 1 is 1.30 bits per heavy atom. The Kier molecular flexibility index (Phi) is 4.47. The van der Waals surface area contributed by atoms with Crippen LogP contribution >= 0.6 is 15.9 Å². The monoisotopic (exact) mass is 336 g/mol. The maximum absolute atomic E-state index is 13.3. The first-order valence-electron chi connectivity index (χ1n) is 5.64. The van der Waals surface area contributed by atoms with Crippen LogP contribution in [0.15, 0.2) is 52.0 Å². The number of amides is 1. The molecule has 0 aromatic heterocycles. The van der Waals surface area contributed by atoms with Gasteiger partial charge in [0.1, 0.15) is 11.6 Å². The van der Waals surface area contributed by atoms with Gasteiger partial charge in [0.05, 0.1) is 11.8 Å². The molecule has 0 saturated heterocycles. The summed E-state index contributed by atoms with van der Waals surface area (Å²) in [5.41, 5.74) is 2.56. The summed E-state index contributed by atoms with van der Waals surface area (Å²) in [7, 11) is 0. The quantitative estimate of drug-likeness (QED) is 0.668. The number of carbonyl (C=O) groups excluding carboxylic acids is 1. The van der Waals surface area contributed by atoms with Crippen LogP contribution in [0.5, 0.6) is 5.75 Å². The van der Waals surface area contributed by atoms with Gasteiger partial charge in [-0.2, -0.15) is 5.10 Å². The number of halogens is 2. The first-order valence-corrected chi connectivity index (χ1v) is 6.43. The van der Waals surface area contributed by atoms with Crippen molar-refractivity contribution in [3.8, 4) is 5.75 Å². The van der Waals surface area contributed by atoms with E-state index in [2.05, 4.69) is 26.5 Å². The number of carbonyl (C=O) groups is 1. The number of hydrogen-bond acceptors (Lipinski definition) is 3. The van der Waals surface area contributed by atoms with Crippen molar-refractivity contribution in [3.05, 3.63) is 63.9 Å². The normalized spacial score (nSPS) is 10.7. The number of nitrogens with one attached hydrogen (secondary N) is 1. The lowest BCUT2D eigenvalue weighted by Crippen LogP contribution is -2.17. The minimum Gasteiger partial charge on any atom is -0.507 e. The van der Waals surface area contributed by atoms with Crippen molar-refractivity contribution in [3.63, 3.8) is 0 Å². The van der Waals surface area contributed by atoms with E-state index in [1.807, 2.05) is 0 Å². The molecule has 0 heterocycles. The summed E-state index contributed by atoms with van der Waals surface area (Å²) in [4.78, 5) is 11.8. The van der Waals surface area contributed by atoms with Crippen LogP contribution in [0.25, 0.3) is 0 Å². The SMILES string of the molecule is O=C(N/N=C/c1ccccc1F)c1cc(Br)ccc1O. The predicted octanol–water partition coefficient (Wildman–Crippen LogP) is 3.06. The van der Waals surface area contributed by atoms with E-state index in [9.17, 15) is 14.3 Å². The van der Waals surface area contributed by atoms with E-state index in [-0.39, 0.29) is 16.9 Å². The fourth-order valence-corrected chi connectivity index (χ4v) is 1.85. The number of phenols is 1. The van der Waals surface area contributed by atoms with Gasteiger partial charge in [-0.15, -0.1) is 0 Å². The highest BCUT2D eigenvalue weighted by Crippen LogP contribution is 2.21. The van der Waals surface area contributed by atoms with E-state index in [1.165, 1.54) is 30.5 Å². The second-order valence-electron chi connectivity index (χ2n) is 3.88. The van der Waals surface area contributed by atoms with Crippen molar-refractivity contribution in [1.82, 2.24) is 5.43 Å². The smallest absolute Gasteiger partial charge is 0.275 e. The Balaban J connectivity index is 2.09. The molecule has 0 aliphatic heterocycles. The Morgan fingerprint density at radius 3 is 2.80 bits per heavy atom. The molecule has 102 valence electrons. The van der Waals surface area contributed by atoms with E-state index >= 15 is 0 Å². The number of benzene rings is 2. The van der Waals surface area contributed by atoms with Gasteiger partial charge in [-0.25, -0.2) is 9.82 Å². The highest BCUT2D eigenvalue weighted by atomic mass is 79.9. The van der Waals surface area contributed by atoms with Crippen molar-refractivity contribution >= 4 is 28.1 Å². The zero-order chi connectivity index (χ0) is 14.5. The predicted molar refractivity (Wildman–Crippen MR) is 77.3 cm³/mol. The average molecular weight is 337 g/mol. The molecule has 6 heteroatoms. The summed E-state index contributed by atoms with van der Waals surface area (Å²) in [6, 6.07) is 10.5. The minimum absolute atomic E-state index is 0.0741. The molecule has 2 rings (SSSR count). The molecule has 4 nitrogen and oxygen atoms in total. The lowest BCUT2D eigenvalue weighted by atomic mass is 10.2. The number of phenolic OH excluding ortho intramolecular Hbond substituents is 1. The van der Waals surface area contributed by atoms with Crippen LogP contribution in [0.4, 0.5) is 4.39 Å². The minimum atomic E-state index is -0.587. The second kappa shape index (κ2) is 6.29. The zero-order valence-corrected chi connectivity index (χ0v) is 11.8. The molecule has 0 saturated carbocycles. The fraction of sp³-hybridized carbons (Fsp3) is 0. The summed E-state index contributed by atoms with van der Waals surface area (Å²) in [6.07, 6.45) is 1.20. The van der Waals surface area contributed by atoms with Crippen molar-refractivity contribution in [1.29, 1.82) is 0 Å². The number of hydrogen-bond donors (Lipinski definition) is 2. The van der Waals surface area contributed by atoms with Crippen molar-refractivity contribution in [2.45, 2.75) is 0 Å². The summed E-state index contributed by atoms with van der Waals surface area (Å²) in [5.74, 6) is -1.18. The average Bonchev–Trinajstić information content (AvgIpc) is 2.43. The molecule has 2 aromatic carbocycles. The molecule has 0 spiro atoms. The van der Waals surface area contributed by atoms with Crippen LogP contribution in [-0.4, -0.2) is 17.2 Å². The van der Waals surface area contributed by atoms with Gasteiger partial charge in [-0.05, 0) is 24.3 Å². The Hall–Kier alpha value is -2.21. The lowest BCUT2D eigenvalue weighted by Gasteiger charge is -2.03. The van der Waals surface area contributed by atoms with Gasteiger partial charge < -0.3 is 5.11 Å². The third-order valence-corrected chi connectivity index (χ3v) is 2.97. The maximum atomic E-state index is 13.3. The second-order valence-corrected chi connectivity index (χ2v) is 4.80. The maximum Gasteiger partial charge on any atom is 0.275 e. The highest BCUT2D eigenvalue weighted by Gasteiger charge is 2.10. The van der Waals surface area contributed by atoms with Crippen molar-refractivity contribution in [2.24, 2.45) is 5.10 Å². The van der Waals surface area contributed by atoms with Crippen LogP contribution in [-0.2, 0) is 0 Å². The third-order valence-electron chi connectivity index (χ3n) is 2.48. The van der Waals surface area contributed by atoms with Gasteiger partial charge in [0, 0.05) is 10.0 Å². The molecule has 1 amide bonds. The van der Waals surface area contributed by atoms with Gasteiger partial charge in [-0.3, -0.25) is 4.79 Å². The van der Waals surface area contributed by atoms with Crippen molar-refractivity contribution in [2.75, 3.05) is 0 Å². The fourth-order valence-electron chi connectivity index (χ4n) is 1.49. The third kappa shape index (κ3) is 3.42. The van der Waals surface area contributed by atoms with Crippen LogP contribution in [0, 0.1) is 5.82 Å². The molecule has 2 N–H and O–H groups in total. The molecule has 0 atom stereocenters. The molecule has 0 aliphatic carbocycles. The van der Waals surface area contributed by atoms with Gasteiger partial charge in [0.2, 0.25) is 0 Å². The van der Waals surface area contributed by atoms with Gasteiger partial charge in [0.15, 0.2) is 0 Å². The number of rotatable bonds is 3. The Labute approximate surface area is 123 Å². The summed E-state index contributed by atoms with van der Waals surface area (Å²) >= 11 is 3.20. The largest absolute Gasteiger partial charge is 0.507 e. The molecule has 0 aliphatic rings. The first-order chi connectivity index (χ1) is 9.58. The van der Waals surface area contributed by atoms with E-state index in [0.717, 1.165) is 0 Å². The molecule has 0 unspecified atom stereocenters. The Morgan fingerprint density at radius 2 is 2.05 bits per heavy atom. The standard InChI is InChI=1S/C14H10BrFN2O2/c15-10-5-6-13(19)11(7-10)14(20)18-17-8-9-3-1-2-4-12(9)16/h1-8,19H,(H,18,20)/b17-8+. The first kappa shape index (κ1) is 14.2. The number of nitrogens with zero attached hydrogens (tertiary/aromatic N) is 1. The highest BCUT2D eigenvalue weighted by molar-refractivity contribution is 9.10. The number of aromatic hydroxyl groups is 1. The summed E-state index contributed by atoms with van der Waals surface area (Å²) in [6.45, 7) is 0. The van der Waals surface area contributed by atoms with E-state index in [1.54, 1.807) is 18.2 Å². The molecular weight excluding hydrogens is 327 g/mol. The van der Waals surface area contributed by atoms with E-state index < -0.39 is 11.7 Å². The van der Waals surface area contributed by atoms with Gasteiger partial charge >= 0.3 is 0 Å². The molecule has 0 bridgehead atoms. The van der Waals surface area contributed by atoms with Crippen LogP contribution in [0.2, 0.25) is 0 Å². The van der Waals surface area contributed by atoms with Gasteiger partial charge in [-0.1, -0.05) is 34.1 Å². The summed E-state index contributed by atoms with van der Waals surface area (Å²) in [5, 5.41) is 13.2. The van der Waals surface area contributed by atoms with Gasteiger partial charge in [0.25, 0.3) is 5.91 Å². The van der Waals surface area contributed by atoms with E-state index in [0.29, 0.717) is 4.47 Å². The van der Waals surface area contributed by atoms with Crippen LogP contribution in [0.3, 0.4) is 0 Å². The van der Waals surface area contributed by atoms with E-state index in [4.69, 9.17) is 0 Å². The van der Waals surface area contributed by atoms with Crippen LogP contribution in [0.1, 0.15) is 15.9 Å². The molecular formula is C14H10BrFN2O2.